The summed E-state index contributed by atoms with van der Waals surface area (Å²) in [6, 6.07) is 0.441. The lowest BCUT2D eigenvalue weighted by Crippen LogP contribution is -2.23. The fraction of sp³-hybridized carbons (Fsp3) is 0.429. The number of halogens is 3. The van der Waals surface area contributed by atoms with Gasteiger partial charge in [0.25, 0.3) is 11.5 Å². The number of aromatic nitrogens is 2. The molecule has 0 aliphatic carbocycles. The lowest BCUT2D eigenvalue weighted by molar-refractivity contribution is -0.141. The minimum absolute atomic E-state index is 0.303. The first-order valence-corrected chi connectivity index (χ1v) is 4.01. The molecule has 2 heterocycles. The monoisotopic (exact) mass is 218 g/mol. The van der Waals surface area contributed by atoms with Crippen LogP contribution in [0.4, 0.5) is 19.1 Å². The minimum Gasteiger partial charge on any atom is -0.269 e. The molecule has 1 aliphatic rings. The third-order valence-electron chi connectivity index (χ3n) is 1.91. The molecule has 15 heavy (non-hydrogen) atoms. The smallest absolute Gasteiger partial charge is 0.269 e. The van der Waals surface area contributed by atoms with E-state index in [4.69, 9.17) is 0 Å². The molecule has 0 saturated heterocycles. The Morgan fingerprint density at radius 2 is 2.13 bits per heavy atom. The number of azo groups is 1. The molecule has 0 N–H and O–H groups in total. The third kappa shape index (κ3) is 1.51. The highest BCUT2D eigenvalue weighted by Crippen LogP contribution is 2.30. The molecular weight excluding hydrogens is 213 g/mol. The quantitative estimate of drug-likeness (QED) is 0.667. The maximum Gasteiger partial charge on any atom is 0.433 e. The second kappa shape index (κ2) is 2.88. The molecule has 0 spiro atoms. The van der Waals surface area contributed by atoms with Crippen molar-refractivity contribution in [3.8, 4) is 0 Å². The van der Waals surface area contributed by atoms with Crippen molar-refractivity contribution < 1.29 is 13.2 Å². The number of hydrogen-bond donors (Lipinski definition) is 0. The van der Waals surface area contributed by atoms with E-state index in [0.29, 0.717) is 6.07 Å². The van der Waals surface area contributed by atoms with Gasteiger partial charge in [0.15, 0.2) is 5.69 Å². The van der Waals surface area contributed by atoms with Crippen molar-refractivity contribution in [2.45, 2.75) is 19.3 Å². The van der Waals surface area contributed by atoms with Crippen molar-refractivity contribution in [2.24, 2.45) is 10.2 Å². The number of nitrogens with zero attached hydrogens (tertiary/aromatic N) is 4. The maximum atomic E-state index is 12.3. The Bertz CT molecular complexity index is 490. The Morgan fingerprint density at radius 3 is 2.73 bits per heavy atom. The van der Waals surface area contributed by atoms with E-state index >= 15 is 0 Å². The molecule has 0 fully saturated rings. The normalized spacial score (nSPS) is 19.3. The topological polar surface area (TPSA) is 59.6 Å². The van der Waals surface area contributed by atoms with Crippen LogP contribution in [-0.2, 0) is 6.18 Å². The number of alkyl halides is 3. The molecule has 0 amide bonds. The van der Waals surface area contributed by atoms with Crippen molar-refractivity contribution in [2.75, 3.05) is 0 Å². The lowest BCUT2D eigenvalue weighted by Gasteiger charge is -2.08. The summed E-state index contributed by atoms with van der Waals surface area (Å²) in [6.45, 7) is 1.54. The van der Waals surface area contributed by atoms with Crippen molar-refractivity contribution in [1.82, 2.24) is 9.55 Å². The van der Waals surface area contributed by atoms with Crippen LogP contribution in [0.15, 0.2) is 21.1 Å². The highest BCUT2D eigenvalue weighted by molar-refractivity contribution is 5.23. The van der Waals surface area contributed by atoms with Gasteiger partial charge in [-0.2, -0.15) is 18.3 Å². The van der Waals surface area contributed by atoms with E-state index in [1.165, 1.54) is 6.92 Å². The first-order chi connectivity index (χ1) is 6.89. The Morgan fingerprint density at radius 1 is 1.47 bits per heavy atom. The summed E-state index contributed by atoms with van der Waals surface area (Å²) in [7, 11) is 0. The summed E-state index contributed by atoms with van der Waals surface area (Å²) in [5, 5.41) is 6.94. The first kappa shape index (κ1) is 9.81. The van der Waals surface area contributed by atoms with E-state index in [1.54, 1.807) is 0 Å². The first-order valence-electron chi connectivity index (χ1n) is 4.01. The van der Waals surface area contributed by atoms with Gasteiger partial charge in [0.05, 0.1) is 0 Å². The molecule has 5 nitrogen and oxygen atoms in total. The van der Waals surface area contributed by atoms with Crippen LogP contribution >= 0.6 is 0 Å². The van der Waals surface area contributed by atoms with Gasteiger partial charge in [0.1, 0.15) is 6.17 Å². The zero-order valence-corrected chi connectivity index (χ0v) is 7.49. The van der Waals surface area contributed by atoms with Crippen LogP contribution in [0, 0.1) is 0 Å². The van der Waals surface area contributed by atoms with E-state index in [2.05, 4.69) is 15.2 Å². The molecule has 0 aromatic carbocycles. The minimum atomic E-state index is -4.64. The van der Waals surface area contributed by atoms with Crippen LogP contribution < -0.4 is 5.56 Å². The molecule has 80 valence electrons. The summed E-state index contributed by atoms with van der Waals surface area (Å²) in [5.41, 5.74) is -2.04. The molecule has 0 radical (unpaired) electrons. The average Bonchev–Trinajstić information content (AvgIpc) is 2.46. The highest BCUT2D eigenvalue weighted by atomic mass is 19.4. The fourth-order valence-corrected chi connectivity index (χ4v) is 1.23. The van der Waals surface area contributed by atoms with Crippen LogP contribution in [0.1, 0.15) is 18.8 Å². The SMILES string of the molecule is CC1N=Nc2nc(C(F)(F)F)cc(=O)n21. The van der Waals surface area contributed by atoms with Gasteiger partial charge in [-0.1, -0.05) is 0 Å². The van der Waals surface area contributed by atoms with Gasteiger partial charge < -0.3 is 0 Å². The van der Waals surface area contributed by atoms with Crippen LogP contribution in [0.25, 0.3) is 0 Å². The van der Waals surface area contributed by atoms with Gasteiger partial charge in [0.2, 0.25) is 0 Å². The molecule has 1 aliphatic heterocycles. The van der Waals surface area contributed by atoms with Crippen molar-refractivity contribution in [1.29, 1.82) is 0 Å². The molecule has 1 atom stereocenters. The Labute approximate surface area is 81.3 Å². The maximum absolute atomic E-state index is 12.3. The molecule has 2 rings (SSSR count). The Balaban J connectivity index is 2.64. The van der Waals surface area contributed by atoms with Gasteiger partial charge in [-0.15, -0.1) is 5.11 Å². The average molecular weight is 218 g/mol. The standard InChI is InChI=1S/C7H5F3N4O/c1-3-12-13-6-11-4(7(8,9)10)2-5(15)14(3)6/h2-3H,1H3. The zero-order chi connectivity index (χ0) is 11.2. The summed E-state index contributed by atoms with van der Waals surface area (Å²) < 4.78 is 37.7. The number of hydrogen-bond acceptors (Lipinski definition) is 4. The van der Waals surface area contributed by atoms with E-state index in [1.807, 2.05) is 0 Å². The number of rotatable bonds is 0. The second-order valence-electron chi connectivity index (χ2n) is 2.99. The van der Waals surface area contributed by atoms with Crippen LogP contribution in [0.3, 0.4) is 0 Å². The zero-order valence-electron chi connectivity index (χ0n) is 7.49. The summed E-state index contributed by atoms with van der Waals surface area (Å²) in [5.74, 6) is -0.303. The molecule has 1 aromatic rings. The van der Waals surface area contributed by atoms with Gasteiger partial charge >= 0.3 is 6.18 Å². The van der Waals surface area contributed by atoms with E-state index < -0.39 is 23.6 Å². The van der Waals surface area contributed by atoms with E-state index in [0.717, 1.165) is 4.57 Å². The molecule has 1 aromatic heterocycles. The van der Waals surface area contributed by atoms with Gasteiger partial charge in [-0.25, -0.2) is 4.98 Å². The highest BCUT2D eigenvalue weighted by Gasteiger charge is 2.35. The van der Waals surface area contributed by atoms with Crippen LogP contribution in [0.5, 0.6) is 0 Å². The summed E-state index contributed by atoms with van der Waals surface area (Å²) in [6.07, 6.45) is -5.24. The number of fused-ring (bicyclic) bond motifs is 1. The molecule has 0 saturated carbocycles. The van der Waals surface area contributed by atoms with Crippen molar-refractivity contribution in [3.05, 3.63) is 22.1 Å². The van der Waals surface area contributed by atoms with E-state index in [-0.39, 0.29) is 5.95 Å². The molecule has 1 unspecified atom stereocenters. The van der Waals surface area contributed by atoms with Crippen molar-refractivity contribution >= 4 is 5.95 Å². The Hall–Kier alpha value is -1.73. The second-order valence-corrected chi connectivity index (χ2v) is 2.99. The largest absolute Gasteiger partial charge is 0.433 e. The summed E-state index contributed by atoms with van der Waals surface area (Å²) >= 11 is 0. The van der Waals surface area contributed by atoms with Crippen LogP contribution in [0.2, 0.25) is 0 Å². The lowest BCUT2D eigenvalue weighted by atomic mass is 10.4. The predicted octanol–water partition coefficient (Wildman–Crippen LogP) is 1.88. The predicted molar refractivity (Wildman–Crippen MR) is 42.7 cm³/mol. The van der Waals surface area contributed by atoms with Gasteiger partial charge in [0, 0.05) is 6.07 Å². The van der Waals surface area contributed by atoms with Crippen molar-refractivity contribution in [3.63, 3.8) is 0 Å². The third-order valence-corrected chi connectivity index (χ3v) is 1.91. The summed E-state index contributed by atoms with van der Waals surface area (Å²) in [4.78, 5) is 14.5. The van der Waals surface area contributed by atoms with Gasteiger partial charge in [-0.05, 0) is 6.92 Å². The van der Waals surface area contributed by atoms with Gasteiger partial charge in [-0.3, -0.25) is 9.36 Å². The van der Waals surface area contributed by atoms with Crippen LogP contribution in [-0.4, -0.2) is 9.55 Å². The molecule has 0 bridgehead atoms. The fourth-order valence-electron chi connectivity index (χ4n) is 1.23. The Kier molecular flexibility index (Phi) is 1.88. The van der Waals surface area contributed by atoms with E-state index in [9.17, 15) is 18.0 Å². The molecular formula is C7H5F3N4O. The molecule has 8 heteroatoms.